The normalized spacial score (nSPS) is 28.6. The third kappa shape index (κ3) is 2.45. The second kappa shape index (κ2) is 4.75. The summed E-state index contributed by atoms with van der Waals surface area (Å²) in [5.74, 6) is -0.757. The molecule has 1 aliphatic rings. The average Bonchev–Trinajstić information content (AvgIpc) is 2.08. The Morgan fingerprint density at radius 3 is 2.64 bits per heavy atom. The van der Waals surface area contributed by atoms with Crippen molar-refractivity contribution in [1.82, 2.24) is 4.90 Å². The number of hydrogen-bond acceptors (Lipinski definition) is 3. The summed E-state index contributed by atoms with van der Waals surface area (Å²) < 4.78 is 5.42. The Morgan fingerprint density at radius 2 is 2.21 bits per heavy atom. The molecule has 4 heteroatoms. The molecule has 0 aromatic carbocycles. The zero-order chi connectivity index (χ0) is 10.7. The molecule has 0 saturated heterocycles. The zero-order valence-electron chi connectivity index (χ0n) is 9.06. The molecule has 82 valence electrons. The molecular formula is C10H19NO3. The SMILES string of the molecule is CCOC1CC(N(C)C(C)C(=O)O)C1. The van der Waals surface area contributed by atoms with Crippen LogP contribution in [-0.4, -0.2) is 47.8 Å². The first kappa shape index (κ1) is 11.5. The fourth-order valence-electron chi connectivity index (χ4n) is 1.73. The first-order chi connectivity index (χ1) is 6.56. The van der Waals surface area contributed by atoms with Crippen molar-refractivity contribution in [3.8, 4) is 0 Å². The van der Waals surface area contributed by atoms with E-state index in [4.69, 9.17) is 9.84 Å². The van der Waals surface area contributed by atoms with Gasteiger partial charge in [0.15, 0.2) is 0 Å². The Bertz CT molecular complexity index is 202. The first-order valence-electron chi connectivity index (χ1n) is 5.12. The maximum absolute atomic E-state index is 10.7. The maximum Gasteiger partial charge on any atom is 0.320 e. The van der Waals surface area contributed by atoms with Gasteiger partial charge in [0.1, 0.15) is 6.04 Å². The average molecular weight is 201 g/mol. The first-order valence-corrected chi connectivity index (χ1v) is 5.12. The second-order valence-electron chi connectivity index (χ2n) is 3.88. The molecule has 0 amide bonds. The minimum absolute atomic E-state index is 0.341. The van der Waals surface area contributed by atoms with Gasteiger partial charge in [-0.2, -0.15) is 0 Å². The number of carbonyl (C=O) groups is 1. The number of nitrogens with zero attached hydrogens (tertiary/aromatic N) is 1. The lowest BCUT2D eigenvalue weighted by molar-refractivity contribution is -0.145. The van der Waals surface area contributed by atoms with E-state index in [-0.39, 0.29) is 0 Å². The number of carboxylic acids is 1. The van der Waals surface area contributed by atoms with E-state index in [9.17, 15) is 4.79 Å². The van der Waals surface area contributed by atoms with E-state index in [1.165, 1.54) is 0 Å². The maximum atomic E-state index is 10.7. The molecule has 1 N–H and O–H groups in total. The van der Waals surface area contributed by atoms with Crippen LogP contribution in [0.15, 0.2) is 0 Å². The van der Waals surface area contributed by atoms with E-state index >= 15 is 0 Å². The third-order valence-electron chi connectivity index (χ3n) is 3.02. The van der Waals surface area contributed by atoms with Gasteiger partial charge in [0.2, 0.25) is 0 Å². The van der Waals surface area contributed by atoms with Crippen molar-refractivity contribution in [2.75, 3.05) is 13.7 Å². The summed E-state index contributed by atoms with van der Waals surface area (Å²) in [5, 5.41) is 8.82. The molecule has 4 nitrogen and oxygen atoms in total. The van der Waals surface area contributed by atoms with Crippen LogP contribution in [0.1, 0.15) is 26.7 Å². The standard InChI is InChI=1S/C10H19NO3/c1-4-14-9-5-8(6-9)11(3)7(2)10(12)13/h7-9H,4-6H2,1-3H3,(H,12,13). The molecule has 0 bridgehead atoms. The summed E-state index contributed by atoms with van der Waals surface area (Å²) >= 11 is 0. The van der Waals surface area contributed by atoms with Crippen LogP contribution >= 0.6 is 0 Å². The molecule has 0 radical (unpaired) electrons. The lowest BCUT2D eigenvalue weighted by atomic mass is 9.87. The van der Waals surface area contributed by atoms with Crippen LogP contribution in [0, 0.1) is 0 Å². The van der Waals surface area contributed by atoms with Crippen LogP contribution in [0.4, 0.5) is 0 Å². The summed E-state index contributed by atoms with van der Waals surface area (Å²) in [6.07, 6.45) is 2.26. The molecule has 14 heavy (non-hydrogen) atoms. The minimum Gasteiger partial charge on any atom is -0.480 e. The molecule has 0 heterocycles. The van der Waals surface area contributed by atoms with E-state index in [1.807, 2.05) is 18.9 Å². The summed E-state index contributed by atoms with van der Waals surface area (Å²) in [4.78, 5) is 12.6. The molecule has 0 aromatic rings. The van der Waals surface area contributed by atoms with Gasteiger partial charge in [-0.25, -0.2) is 0 Å². The molecule has 1 atom stereocenters. The number of likely N-dealkylation sites (N-methyl/N-ethyl adjacent to an activating group) is 1. The molecular weight excluding hydrogens is 182 g/mol. The van der Waals surface area contributed by atoms with Crippen molar-refractivity contribution in [2.24, 2.45) is 0 Å². The molecule has 1 rings (SSSR count). The number of hydrogen-bond donors (Lipinski definition) is 1. The van der Waals surface area contributed by atoms with Crippen molar-refractivity contribution in [3.63, 3.8) is 0 Å². The van der Waals surface area contributed by atoms with E-state index in [2.05, 4.69) is 0 Å². The Kier molecular flexibility index (Phi) is 3.89. The van der Waals surface area contributed by atoms with Crippen molar-refractivity contribution in [2.45, 2.75) is 44.9 Å². The van der Waals surface area contributed by atoms with Crippen molar-refractivity contribution < 1.29 is 14.6 Å². The van der Waals surface area contributed by atoms with Crippen molar-refractivity contribution >= 4 is 5.97 Å². The van der Waals surface area contributed by atoms with Crippen molar-refractivity contribution in [3.05, 3.63) is 0 Å². The Balaban J connectivity index is 2.28. The van der Waals surface area contributed by atoms with Crippen LogP contribution in [-0.2, 0) is 9.53 Å². The van der Waals surface area contributed by atoms with E-state index in [0.717, 1.165) is 19.4 Å². The minimum atomic E-state index is -0.757. The molecule has 1 aliphatic carbocycles. The van der Waals surface area contributed by atoms with Gasteiger partial charge < -0.3 is 9.84 Å². The van der Waals surface area contributed by atoms with Crippen molar-refractivity contribution in [1.29, 1.82) is 0 Å². The van der Waals surface area contributed by atoms with Gasteiger partial charge >= 0.3 is 5.97 Å². The predicted octanol–water partition coefficient (Wildman–Crippen LogP) is 0.959. The van der Waals surface area contributed by atoms with Crippen LogP contribution in [0.2, 0.25) is 0 Å². The fraction of sp³-hybridized carbons (Fsp3) is 0.900. The number of aliphatic carboxylic acids is 1. The van der Waals surface area contributed by atoms with Gasteiger partial charge in [-0.15, -0.1) is 0 Å². The molecule has 0 spiro atoms. The lowest BCUT2D eigenvalue weighted by Crippen LogP contribution is -2.51. The van der Waals surface area contributed by atoms with Gasteiger partial charge in [0, 0.05) is 12.6 Å². The summed E-state index contributed by atoms with van der Waals surface area (Å²) in [6, 6.07) is -0.0276. The van der Waals surface area contributed by atoms with Gasteiger partial charge in [-0.1, -0.05) is 0 Å². The Hall–Kier alpha value is -0.610. The van der Waals surface area contributed by atoms with E-state index in [0.29, 0.717) is 12.1 Å². The van der Waals surface area contributed by atoms with E-state index in [1.54, 1.807) is 6.92 Å². The van der Waals surface area contributed by atoms with Crippen LogP contribution in [0.3, 0.4) is 0 Å². The Morgan fingerprint density at radius 1 is 1.64 bits per heavy atom. The van der Waals surface area contributed by atoms with Crippen LogP contribution in [0.25, 0.3) is 0 Å². The highest BCUT2D eigenvalue weighted by atomic mass is 16.5. The second-order valence-corrected chi connectivity index (χ2v) is 3.88. The topological polar surface area (TPSA) is 49.8 Å². The molecule has 1 fully saturated rings. The molecule has 0 aliphatic heterocycles. The van der Waals surface area contributed by atoms with E-state index < -0.39 is 12.0 Å². The summed E-state index contributed by atoms with van der Waals surface area (Å²) in [7, 11) is 1.87. The molecule has 1 saturated carbocycles. The third-order valence-corrected chi connectivity index (χ3v) is 3.02. The highest BCUT2D eigenvalue weighted by Crippen LogP contribution is 2.28. The van der Waals surface area contributed by atoms with Gasteiger partial charge in [0.25, 0.3) is 0 Å². The highest BCUT2D eigenvalue weighted by molar-refractivity contribution is 5.72. The van der Waals surface area contributed by atoms with Crippen LogP contribution < -0.4 is 0 Å². The smallest absolute Gasteiger partial charge is 0.320 e. The molecule has 0 aromatic heterocycles. The van der Waals surface area contributed by atoms with Crippen LogP contribution in [0.5, 0.6) is 0 Å². The van der Waals surface area contributed by atoms with Gasteiger partial charge in [-0.05, 0) is 33.7 Å². The molecule has 1 unspecified atom stereocenters. The highest BCUT2D eigenvalue weighted by Gasteiger charge is 2.35. The van der Waals surface area contributed by atoms with Gasteiger partial charge in [-0.3, -0.25) is 9.69 Å². The summed E-state index contributed by atoms with van der Waals surface area (Å²) in [5.41, 5.74) is 0. The number of ether oxygens (including phenoxy) is 1. The monoisotopic (exact) mass is 201 g/mol. The lowest BCUT2D eigenvalue weighted by Gasteiger charge is -2.42. The quantitative estimate of drug-likeness (QED) is 0.719. The summed E-state index contributed by atoms with van der Waals surface area (Å²) in [6.45, 7) is 4.45. The largest absolute Gasteiger partial charge is 0.480 e. The number of rotatable bonds is 5. The zero-order valence-corrected chi connectivity index (χ0v) is 9.06. The Labute approximate surface area is 84.8 Å². The van der Waals surface area contributed by atoms with Gasteiger partial charge in [0.05, 0.1) is 6.10 Å². The predicted molar refractivity (Wildman–Crippen MR) is 53.3 cm³/mol. The fourth-order valence-corrected chi connectivity index (χ4v) is 1.73. The number of carboxylic acid groups (broad SMARTS) is 1.